The Labute approximate surface area is 122 Å². The van der Waals surface area contributed by atoms with Gasteiger partial charge in [-0.1, -0.05) is 44.2 Å². The summed E-state index contributed by atoms with van der Waals surface area (Å²) in [7, 11) is 0. The second kappa shape index (κ2) is 5.40. The molecule has 1 heterocycles. The van der Waals surface area contributed by atoms with Crippen LogP contribution < -0.4 is 10.5 Å². The molecule has 110 valence electrons. The number of nitrogens with two attached hydrogens (primary N) is 1. The van der Waals surface area contributed by atoms with Gasteiger partial charge in [0.25, 0.3) is 0 Å². The summed E-state index contributed by atoms with van der Waals surface area (Å²) in [5, 5.41) is 0. The maximum atomic E-state index is 6.45. The molecule has 0 spiro atoms. The monoisotopic (exact) mass is 273 g/mol. The summed E-state index contributed by atoms with van der Waals surface area (Å²) in [4.78, 5) is 0. The zero-order valence-electron chi connectivity index (χ0n) is 12.8. The van der Waals surface area contributed by atoms with Crippen LogP contribution in [0.5, 0.6) is 5.75 Å². The minimum Gasteiger partial charge on any atom is -0.487 e. The molecule has 2 aliphatic rings. The highest BCUT2D eigenvalue weighted by Crippen LogP contribution is 2.37. The third-order valence-corrected chi connectivity index (χ3v) is 4.83. The van der Waals surface area contributed by atoms with Crippen LogP contribution in [0.4, 0.5) is 0 Å². The van der Waals surface area contributed by atoms with Gasteiger partial charge in [-0.25, -0.2) is 0 Å². The van der Waals surface area contributed by atoms with Crippen LogP contribution in [0, 0.1) is 5.92 Å². The number of benzene rings is 1. The lowest BCUT2D eigenvalue weighted by molar-refractivity contribution is 0.138. The molecule has 1 unspecified atom stereocenters. The topological polar surface area (TPSA) is 35.2 Å². The Kier molecular flexibility index (Phi) is 3.76. The van der Waals surface area contributed by atoms with E-state index in [0.29, 0.717) is 0 Å². The molecule has 20 heavy (non-hydrogen) atoms. The maximum Gasteiger partial charge on any atom is 0.123 e. The van der Waals surface area contributed by atoms with Gasteiger partial charge >= 0.3 is 0 Å². The molecule has 0 saturated heterocycles. The number of fused-ring (bicyclic) bond motifs is 1. The Bertz CT molecular complexity index is 474. The van der Waals surface area contributed by atoms with Crippen LogP contribution in [-0.4, -0.2) is 5.60 Å². The predicted octanol–water partition coefficient (Wildman–Crippen LogP) is 4.37. The Morgan fingerprint density at radius 1 is 1.25 bits per heavy atom. The molecule has 3 rings (SSSR count). The summed E-state index contributed by atoms with van der Waals surface area (Å²) >= 11 is 0. The van der Waals surface area contributed by atoms with Gasteiger partial charge in [0.15, 0.2) is 0 Å². The molecule has 2 nitrogen and oxygen atoms in total. The highest BCUT2D eigenvalue weighted by molar-refractivity contribution is 5.42. The van der Waals surface area contributed by atoms with Gasteiger partial charge in [-0.2, -0.15) is 0 Å². The lowest BCUT2D eigenvalue weighted by Gasteiger charge is -2.24. The van der Waals surface area contributed by atoms with Crippen LogP contribution in [0.2, 0.25) is 0 Å². The fraction of sp³-hybridized carbons (Fsp3) is 0.667. The Hall–Kier alpha value is -1.02. The van der Waals surface area contributed by atoms with Crippen LogP contribution in [0.15, 0.2) is 18.2 Å². The van der Waals surface area contributed by atoms with Gasteiger partial charge in [0.1, 0.15) is 11.4 Å². The van der Waals surface area contributed by atoms with E-state index in [4.69, 9.17) is 10.5 Å². The minimum absolute atomic E-state index is 0.0611. The van der Waals surface area contributed by atoms with E-state index in [1.54, 1.807) is 0 Å². The molecule has 0 bridgehead atoms. The van der Waals surface area contributed by atoms with E-state index >= 15 is 0 Å². The van der Waals surface area contributed by atoms with Crippen molar-refractivity contribution in [3.8, 4) is 5.75 Å². The molecule has 2 N–H and O–H groups in total. The summed E-state index contributed by atoms with van der Waals surface area (Å²) in [5.74, 6) is 1.88. The fourth-order valence-corrected chi connectivity index (χ4v) is 3.78. The van der Waals surface area contributed by atoms with Gasteiger partial charge in [0.05, 0.1) is 0 Å². The van der Waals surface area contributed by atoms with Gasteiger partial charge in [0.2, 0.25) is 0 Å². The summed E-state index contributed by atoms with van der Waals surface area (Å²) in [5.41, 5.74) is 9.00. The van der Waals surface area contributed by atoms with Crippen molar-refractivity contribution in [3.05, 3.63) is 29.3 Å². The van der Waals surface area contributed by atoms with Crippen molar-refractivity contribution in [2.24, 2.45) is 11.7 Å². The molecule has 2 heteroatoms. The van der Waals surface area contributed by atoms with Crippen molar-refractivity contribution in [2.45, 2.75) is 70.4 Å². The first-order chi connectivity index (χ1) is 9.53. The molecular formula is C18H27NO. The van der Waals surface area contributed by atoms with E-state index < -0.39 is 0 Å². The molecule has 0 radical (unpaired) electrons. The molecule has 1 fully saturated rings. The smallest absolute Gasteiger partial charge is 0.123 e. The molecule has 0 aromatic heterocycles. The van der Waals surface area contributed by atoms with Crippen molar-refractivity contribution in [1.82, 2.24) is 0 Å². The SMILES string of the molecule is CC1(C)Cc2cc(C(N)CC3CCCCC3)ccc2O1. The first kappa shape index (κ1) is 13.9. The minimum atomic E-state index is -0.0611. The lowest BCUT2D eigenvalue weighted by Crippen LogP contribution is -2.24. The van der Waals surface area contributed by atoms with Crippen molar-refractivity contribution in [3.63, 3.8) is 0 Å². The quantitative estimate of drug-likeness (QED) is 0.887. The van der Waals surface area contributed by atoms with E-state index in [2.05, 4.69) is 32.0 Å². The predicted molar refractivity (Wildman–Crippen MR) is 83.0 cm³/mol. The summed E-state index contributed by atoms with van der Waals surface area (Å²) in [6.07, 6.45) is 9.07. The van der Waals surface area contributed by atoms with Gasteiger partial charge in [-0.05, 0) is 43.4 Å². The third kappa shape index (κ3) is 3.01. The zero-order chi connectivity index (χ0) is 14.2. The standard InChI is InChI=1S/C18H27NO/c1-18(2)12-15-11-14(8-9-17(15)20-18)16(19)10-13-6-4-3-5-7-13/h8-9,11,13,16H,3-7,10,12,19H2,1-2H3. The van der Waals surface area contributed by atoms with E-state index in [0.717, 1.165) is 24.5 Å². The average Bonchev–Trinajstić information content (AvgIpc) is 2.72. The summed E-state index contributed by atoms with van der Waals surface area (Å²) in [6.45, 7) is 4.29. The lowest BCUT2D eigenvalue weighted by atomic mass is 9.83. The Morgan fingerprint density at radius 2 is 2.00 bits per heavy atom. The molecule has 1 aromatic carbocycles. The second-order valence-electron chi connectivity index (χ2n) is 7.25. The van der Waals surface area contributed by atoms with Gasteiger partial charge in [-0.15, -0.1) is 0 Å². The van der Waals surface area contributed by atoms with Crippen LogP contribution in [0.25, 0.3) is 0 Å². The molecule has 1 aliphatic heterocycles. The molecular weight excluding hydrogens is 246 g/mol. The van der Waals surface area contributed by atoms with E-state index in [1.165, 1.54) is 43.2 Å². The van der Waals surface area contributed by atoms with Gasteiger partial charge < -0.3 is 10.5 Å². The molecule has 1 saturated carbocycles. The van der Waals surface area contributed by atoms with Crippen LogP contribution in [-0.2, 0) is 6.42 Å². The number of hydrogen-bond acceptors (Lipinski definition) is 2. The van der Waals surface area contributed by atoms with Crippen molar-refractivity contribution in [1.29, 1.82) is 0 Å². The van der Waals surface area contributed by atoms with Crippen molar-refractivity contribution < 1.29 is 4.74 Å². The molecule has 1 aromatic rings. The normalized spacial score (nSPS) is 23.1. The number of rotatable bonds is 3. The molecule has 0 amide bonds. The first-order valence-electron chi connectivity index (χ1n) is 8.11. The largest absolute Gasteiger partial charge is 0.487 e. The van der Waals surface area contributed by atoms with E-state index in [1.807, 2.05) is 0 Å². The first-order valence-corrected chi connectivity index (χ1v) is 8.11. The van der Waals surface area contributed by atoms with E-state index in [-0.39, 0.29) is 11.6 Å². The summed E-state index contributed by atoms with van der Waals surface area (Å²) in [6, 6.07) is 6.73. The fourth-order valence-electron chi connectivity index (χ4n) is 3.78. The number of hydrogen-bond donors (Lipinski definition) is 1. The van der Waals surface area contributed by atoms with Gasteiger partial charge in [-0.3, -0.25) is 0 Å². The van der Waals surface area contributed by atoms with Crippen LogP contribution in [0.3, 0.4) is 0 Å². The molecule has 1 atom stereocenters. The summed E-state index contributed by atoms with van der Waals surface area (Å²) < 4.78 is 5.94. The van der Waals surface area contributed by atoms with Crippen molar-refractivity contribution >= 4 is 0 Å². The highest BCUT2D eigenvalue weighted by atomic mass is 16.5. The number of ether oxygens (including phenoxy) is 1. The second-order valence-corrected chi connectivity index (χ2v) is 7.25. The van der Waals surface area contributed by atoms with Crippen LogP contribution in [0.1, 0.15) is 69.5 Å². The Balaban J connectivity index is 1.68. The average molecular weight is 273 g/mol. The van der Waals surface area contributed by atoms with Crippen molar-refractivity contribution in [2.75, 3.05) is 0 Å². The third-order valence-electron chi connectivity index (χ3n) is 4.83. The zero-order valence-corrected chi connectivity index (χ0v) is 12.8. The highest BCUT2D eigenvalue weighted by Gasteiger charge is 2.30. The van der Waals surface area contributed by atoms with Gasteiger partial charge in [0, 0.05) is 12.5 Å². The van der Waals surface area contributed by atoms with E-state index in [9.17, 15) is 0 Å². The molecule has 1 aliphatic carbocycles. The van der Waals surface area contributed by atoms with Crippen LogP contribution >= 0.6 is 0 Å². The maximum absolute atomic E-state index is 6.45. The Morgan fingerprint density at radius 3 is 2.75 bits per heavy atom.